The fourth-order valence-corrected chi connectivity index (χ4v) is 4.33. The molecule has 0 bridgehead atoms. The van der Waals surface area contributed by atoms with E-state index in [2.05, 4.69) is 0 Å². The summed E-state index contributed by atoms with van der Waals surface area (Å²) in [6, 6.07) is 7.00. The molecule has 1 aromatic heterocycles. The molecule has 0 radical (unpaired) electrons. The zero-order chi connectivity index (χ0) is 20.5. The minimum atomic E-state index is -0.773. The van der Waals surface area contributed by atoms with Crippen molar-refractivity contribution in [1.82, 2.24) is 14.7 Å². The normalized spacial score (nSPS) is 17.1. The number of benzene rings is 1. The molecule has 2 aliphatic rings. The number of ether oxygens (including phenoxy) is 2. The molecule has 0 unspecified atom stereocenters. The van der Waals surface area contributed by atoms with E-state index in [1.807, 2.05) is 34.5 Å². The fourth-order valence-electron chi connectivity index (χ4n) is 3.64. The van der Waals surface area contributed by atoms with Gasteiger partial charge < -0.3 is 9.47 Å². The molecule has 152 valence electrons. The fraction of sp³-hybridized carbons (Fsp3) is 0.350. The molecular weight excluding hydrogens is 394 g/mol. The smallest absolute Gasteiger partial charge is 0.335 e. The van der Waals surface area contributed by atoms with Crippen LogP contribution in [0.5, 0.6) is 11.5 Å². The number of fused-ring (bicyclic) bond motifs is 1. The van der Waals surface area contributed by atoms with Crippen LogP contribution in [0.3, 0.4) is 0 Å². The van der Waals surface area contributed by atoms with Crippen LogP contribution in [0.4, 0.5) is 4.79 Å². The molecule has 4 rings (SSSR count). The molecule has 0 N–H and O–H groups in total. The molecule has 0 aliphatic carbocycles. The maximum Gasteiger partial charge on any atom is 0.335 e. The summed E-state index contributed by atoms with van der Waals surface area (Å²) in [5.41, 5.74) is 2.20. The van der Waals surface area contributed by atoms with Crippen molar-refractivity contribution in [3.8, 4) is 11.5 Å². The molecule has 29 heavy (non-hydrogen) atoms. The Morgan fingerprint density at radius 1 is 1.00 bits per heavy atom. The first-order valence-electron chi connectivity index (χ1n) is 9.17. The Morgan fingerprint density at radius 2 is 1.69 bits per heavy atom. The van der Waals surface area contributed by atoms with E-state index in [1.54, 1.807) is 14.2 Å². The highest BCUT2D eigenvalue weighted by Gasteiger charge is 2.45. The molecule has 9 heteroatoms. The standard InChI is InChI=1S/C20H21N3O5S/c1-27-16-8-13-5-6-21(10-14(13)9-17(16)28-2)12-23-19(25)18(24)22(20(23)26)11-15-4-3-7-29-15/h3-4,7-9H,5-6,10-12H2,1-2H3. The Bertz CT molecular complexity index is 959. The summed E-state index contributed by atoms with van der Waals surface area (Å²) in [4.78, 5) is 42.3. The summed E-state index contributed by atoms with van der Waals surface area (Å²) in [5, 5.41) is 1.87. The molecule has 2 aromatic rings. The Balaban J connectivity index is 1.48. The van der Waals surface area contributed by atoms with E-state index in [0.29, 0.717) is 24.6 Å². The van der Waals surface area contributed by atoms with Crippen molar-refractivity contribution in [2.75, 3.05) is 27.4 Å². The average molecular weight is 415 g/mol. The lowest BCUT2D eigenvalue weighted by Crippen LogP contribution is -2.44. The highest BCUT2D eigenvalue weighted by molar-refractivity contribution is 7.09. The predicted octanol–water partition coefficient (Wildman–Crippen LogP) is 2.07. The van der Waals surface area contributed by atoms with Crippen LogP contribution in [-0.4, -0.2) is 60.0 Å². The topological polar surface area (TPSA) is 79.4 Å². The third kappa shape index (κ3) is 3.58. The Hall–Kier alpha value is -2.91. The van der Waals surface area contributed by atoms with Gasteiger partial charge in [0, 0.05) is 18.0 Å². The van der Waals surface area contributed by atoms with Crippen LogP contribution in [0.2, 0.25) is 0 Å². The quantitative estimate of drug-likeness (QED) is 0.531. The number of hydrogen-bond acceptors (Lipinski definition) is 7. The third-order valence-corrected chi connectivity index (χ3v) is 6.03. The predicted molar refractivity (Wildman–Crippen MR) is 106 cm³/mol. The number of methoxy groups -OCH3 is 2. The minimum absolute atomic E-state index is 0.0815. The van der Waals surface area contributed by atoms with Gasteiger partial charge >= 0.3 is 17.8 Å². The summed E-state index contributed by atoms with van der Waals surface area (Å²) in [5.74, 6) is -0.227. The van der Waals surface area contributed by atoms with E-state index >= 15 is 0 Å². The lowest BCUT2D eigenvalue weighted by molar-refractivity contribution is -0.144. The van der Waals surface area contributed by atoms with Crippen molar-refractivity contribution < 1.29 is 23.9 Å². The number of carbonyl (C=O) groups excluding carboxylic acids is 3. The maximum absolute atomic E-state index is 12.7. The summed E-state index contributed by atoms with van der Waals surface area (Å²) in [6.45, 7) is 1.42. The van der Waals surface area contributed by atoms with E-state index in [1.165, 1.54) is 11.3 Å². The number of urea groups is 1. The SMILES string of the molecule is COc1cc2c(cc1OC)CN(CN1C(=O)C(=O)N(Cc3cccs3)C1=O)CC2. The summed E-state index contributed by atoms with van der Waals surface area (Å²) in [7, 11) is 3.18. The van der Waals surface area contributed by atoms with E-state index < -0.39 is 17.8 Å². The van der Waals surface area contributed by atoms with Crippen LogP contribution in [0, 0.1) is 0 Å². The monoisotopic (exact) mass is 415 g/mol. The molecule has 4 amide bonds. The third-order valence-electron chi connectivity index (χ3n) is 5.17. The van der Waals surface area contributed by atoms with Gasteiger partial charge in [-0.25, -0.2) is 9.69 Å². The molecule has 0 saturated carbocycles. The van der Waals surface area contributed by atoms with Gasteiger partial charge in [-0.15, -0.1) is 11.3 Å². The largest absolute Gasteiger partial charge is 0.493 e. The highest BCUT2D eigenvalue weighted by Crippen LogP contribution is 2.33. The van der Waals surface area contributed by atoms with E-state index in [-0.39, 0.29) is 13.2 Å². The highest BCUT2D eigenvalue weighted by atomic mass is 32.1. The molecule has 0 spiro atoms. The van der Waals surface area contributed by atoms with Crippen LogP contribution in [-0.2, 0) is 29.1 Å². The van der Waals surface area contributed by atoms with Crippen molar-refractivity contribution in [3.05, 3.63) is 45.6 Å². The van der Waals surface area contributed by atoms with Crippen molar-refractivity contribution in [1.29, 1.82) is 0 Å². The average Bonchev–Trinajstić information content (AvgIpc) is 3.32. The maximum atomic E-state index is 12.7. The van der Waals surface area contributed by atoms with Crippen LogP contribution in [0.1, 0.15) is 16.0 Å². The molecule has 1 saturated heterocycles. The Kier molecular flexibility index (Phi) is 5.25. The van der Waals surface area contributed by atoms with Crippen molar-refractivity contribution in [2.24, 2.45) is 0 Å². The second-order valence-corrected chi connectivity index (χ2v) is 7.94. The molecule has 1 aromatic carbocycles. The summed E-state index contributed by atoms with van der Waals surface area (Å²) in [6.07, 6.45) is 0.749. The Labute approximate surface area is 172 Å². The van der Waals surface area contributed by atoms with Gasteiger partial charge in [0.1, 0.15) is 0 Å². The number of thiophene rings is 1. The van der Waals surface area contributed by atoms with Gasteiger partial charge in [-0.05, 0) is 41.1 Å². The van der Waals surface area contributed by atoms with Crippen molar-refractivity contribution in [3.63, 3.8) is 0 Å². The van der Waals surface area contributed by atoms with Crippen molar-refractivity contribution >= 4 is 29.2 Å². The van der Waals surface area contributed by atoms with Gasteiger partial charge in [-0.3, -0.25) is 19.4 Å². The second kappa shape index (κ2) is 7.84. The first-order chi connectivity index (χ1) is 14.0. The van der Waals surface area contributed by atoms with Gasteiger partial charge in [0.2, 0.25) is 0 Å². The van der Waals surface area contributed by atoms with Gasteiger partial charge in [0.15, 0.2) is 11.5 Å². The number of nitrogens with zero attached hydrogens (tertiary/aromatic N) is 3. The molecule has 3 heterocycles. The number of hydrogen-bond donors (Lipinski definition) is 0. The first kappa shape index (κ1) is 19.4. The molecule has 1 fully saturated rings. The summed E-state index contributed by atoms with van der Waals surface area (Å²) < 4.78 is 10.7. The molecular formula is C20H21N3O5S. The zero-order valence-electron chi connectivity index (χ0n) is 16.2. The summed E-state index contributed by atoms with van der Waals surface area (Å²) >= 11 is 1.44. The Morgan fingerprint density at radius 3 is 2.34 bits per heavy atom. The lowest BCUT2D eigenvalue weighted by atomic mass is 9.99. The zero-order valence-corrected chi connectivity index (χ0v) is 17.0. The van der Waals surface area contributed by atoms with E-state index in [0.717, 1.165) is 32.2 Å². The van der Waals surface area contributed by atoms with E-state index in [4.69, 9.17) is 9.47 Å². The van der Waals surface area contributed by atoms with Crippen LogP contribution in [0.25, 0.3) is 0 Å². The molecule has 8 nitrogen and oxygen atoms in total. The van der Waals surface area contributed by atoms with E-state index in [9.17, 15) is 14.4 Å². The van der Waals surface area contributed by atoms with Gasteiger partial charge in [0.25, 0.3) is 0 Å². The van der Waals surface area contributed by atoms with Gasteiger partial charge in [0.05, 0.1) is 27.4 Å². The minimum Gasteiger partial charge on any atom is -0.493 e. The first-order valence-corrected chi connectivity index (χ1v) is 10.1. The number of rotatable bonds is 6. The van der Waals surface area contributed by atoms with Crippen LogP contribution in [0.15, 0.2) is 29.6 Å². The van der Waals surface area contributed by atoms with Crippen LogP contribution >= 0.6 is 11.3 Å². The van der Waals surface area contributed by atoms with Gasteiger partial charge in [-0.2, -0.15) is 0 Å². The van der Waals surface area contributed by atoms with Crippen LogP contribution < -0.4 is 9.47 Å². The second-order valence-electron chi connectivity index (χ2n) is 6.91. The van der Waals surface area contributed by atoms with Crippen molar-refractivity contribution in [2.45, 2.75) is 19.5 Å². The molecule has 0 atom stereocenters. The number of imide groups is 2. The lowest BCUT2D eigenvalue weighted by Gasteiger charge is -2.31. The van der Waals surface area contributed by atoms with Gasteiger partial charge in [-0.1, -0.05) is 6.07 Å². The molecule has 2 aliphatic heterocycles. The number of amides is 4. The number of carbonyl (C=O) groups is 3.